The first-order valence-corrected chi connectivity index (χ1v) is 32.4. The summed E-state index contributed by atoms with van der Waals surface area (Å²) in [6, 6.07) is -0.779. The smallest absolute Gasteiger partial charge is 0.391 e. The van der Waals surface area contributed by atoms with E-state index < -0.39 is 20.0 Å². The second kappa shape index (κ2) is 55.4. The van der Waals surface area contributed by atoms with Crippen molar-refractivity contribution >= 4 is 13.7 Å². The molecule has 0 aromatic heterocycles. The van der Waals surface area contributed by atoms with E-state index in [9.17, 15) is 19.4 Å². The predicted octanol–water partition coefficient (Wildman–Crippen LogP) is 19.2. The first kappa shape index (κ1) is 71.7. The largest absolute Gasteiger partial charge is 0.472 e. The van der Waals surface area contributed by atoms with Crippen LogP contribution >= 0.6 is 7.82 Å². The number of likely N-dealkylation sites (N-methyl/N-ethyl adjacent to an activating group) is 1. The molecule has 9 heteroatoms. The number of rotatable bonds is 56. The number of hydrogen-bond acceptors (Lipinski definition) is 5. The summed E-state index contributed by atoms with van der Waals surface area (Å²) in [7, 11) is 1.60. The van der Waals surface area contributed by atoms with Gasteiger partial charge in [-0.25, -0.2) is 4.57 Å². The van der Waals surface area contributed by atoms with Gasteiger partial charge in [0.15, 0.2) is 0 Å². The number of aliphatic hydroxyl groups is 1. The lowest BCUT2D eigenvalue weighted by molar-refractivity contribution is -0.870. The average molecular weight is 1060 g/mol. The number of quaternary nitrogens is 1. The van der Waals surface area contributed by atoms with Gasteiger partial charge in [0.05, 0.1) is 39.9 Å². The van der Waals surface area contributed by atoms with E-state index in [4.69, 9.17) is 9.05 Å². The third kappa shape index (κ3) is 57.4. The molecule has 0 bridgehead atoms. The second-order valence-electron chi connectivity index (χ2n) is 22.1. The molecule has 0 spiro atoms. The van der Waals surface area contributed by atoms with Crippen molar-refractivity contribution in [1.82, 2.24) is 5.32 Å². The zero-order chi connectivity index (χ0) is 54.2. The van der Waals surface area contributed by atoms with Crippen molar-refractivity contribution in [3.63, 3.8) is 0 Å². The highest BCUT2D eigenvalue weighted by Gasteiger charge is 2.28. The van der Waals surface area contributed by atoms with E-state index in [0.717, 1.165) is 103 Å². The molecule has 0 radical (unpaired) electrons. The van der Waals surface area contributed by atoms with Crippen LogP contribution in [0.3, 0.4) is 0 Å². The maximum Gasteiger partial charge on any atom is 0.472 e. The quantitative estimate of drug-likeness (QED) is 0.0243. The molecule has 0 aliphatic heterocycles. The van der Waals surface area contributed by atoms with Crippen molar-refractivity contribution in [3.8, 4) is 0 Å². The number of unbranched alkanes of at least 4 members (excludes halogenated alkanes) is 29. The van der Waals surface area contributed by atoms with E-state index in [0.29, 0.717) is 23.9 Å². The van der Waals surface area contributed by atoms with Crippen LogP contribution in [0.5, 0.6) is 0 Å². The molecule has 0 aromatic carbocycles. The summed E-state index contributed by atoms with van der Waals surface area (Å²) in [6.07, 6.45) is 77.9. The Morgan fingerprint density at radius 1 is 0.473 bits per heavy atom. The van der Waals surface area contributed by atoms with Crippen LogP contribution in [0.4, 0.5) is 0 Å². The van der Waals surface area contributed by atoms with Crippen molar-refractivity contribution < 1.29 is 32.9 Å². The molecule has 0 aliphatic rings. The number of carbonyl (C=O) groups excluding carboxylic acids is 1. The van der Waals surface area contributed by atoms with E-state index >= 15 is 0 Å². The lowest BCUT2D eigenvalue weighted by Crippen LogP contribution is -2.46. The van der Waals surface area contributed by atoms with Crippen LogP contribution in [0.15, 0.2) is 85.1 Å². The van der Waals surface area contributed by atoms with Crippen LogP contribution in [-0.4, -0.2) is 73.4 Å². The summed E-state index contributed by atoms with van der Waals surface area (Å²) in [5.74, 6) is -0.163. The molecule has 1 amide bonds. The zero-order valence-corrected chi connectivity index (χ0v) is 50.0. The van der Waals surface area contributed by atoms with Gasteiger partial charge in [-0.3, -0.25) is 13.8 Å². The monoisotopic (exact) mass is 1060 g/mol. The van der Waals surface area contributed by atoms with E-state index in [1.54, 1.807) is 0 Å². The Morgan fingerprint density at radius 3 is 1.19 bits per heavy atom. The fraction of sp³-hybridized carbons (Fsp3) is 0.769. The summed E-state index contributed by atoms with van der Waals surface area (Å²) < 4.78 is 23.8. The first-order chi connectivity index (χ1) is 36.0. The van der Waals surface area contributed by atoms with E-state index in [-0.39, 0.29) is 19.1 Å². The van der Waals surface area contributed by atoms with Crippen molar-refractivity contribution in [2.24, 2.45) is 0 Å². The fourth-order valence-electron chi connectivity index (χ4n) is 8.85. The predicted molar refractivity (Wildman–Crippen MR) is 323 cm³/mol. The number of nitrogens with zero attached hydrogens (tertiary/aromatic N) is 1. The van der Waals surface area contributed by atoms with Gasteiger partial charge >= 0.3 is 7.82 Å². The minimum absolute atomic E-state index is 0.0665. The SMILES string of the molecule is CC/C=C\C/C=C\C/C=C\C/C=C\C/C=C\C/C=C\C/C=C\CCCCCCCC(=O)NC(COP(=O)(O)OCC[N+](C)(C)C)C(O)CCCCCCCCCCCCCCCCCCCCCCCCCCC. The molecular weight excluding hydrogens is 936 g/mol. The standard InChI is InChI=1S/C65H119N2O6P/c1-6-8-10-12-14-16-18-20-22-24-26-28-30-32-33-35-37-39-41-43-45-47-49-51-53-55-57-59-65(69)66-63(62-73-74(70,71)72-61-60-67(3,4)5)64(68)58-56-54-52-50-48-46-44-42-40-38-36-34-31-29-27-25-23-21-19-17-15-13-11-9-7-2/h8,10,14,16,20,22,26,28,32-33,37,39,43,45,63-64,68H,6-7,9,11-13,15,17-19,21,23-25,27,29-31,34-36,38,40-42,44,46-62H2,1-5H3,(H-,66,69,70,71)/p+1/b10-8-,16-14-,22-20-,28-26-,33-32-,39-37-,45-43-. The molecular formula is C65H120N2O6P+. The number of nitrogens with one attached hydrogen (secondary N) is 1. The van der Waals surface area contributed by atoms with Crippen LogP contribution < -0.4 is 5.32 Å². The summed E-state index contributed by atoms with van der Waals surface area (Å²) in [6.45, 7) is 4.78. The van der Waals surface area contributed by atoms with Gasteiger partial charge in [0.1, 0.15) is 13.2 Å². The van der Waals surface area contributed by atoms with Crippen LogP contribution in [0.2, 0.25) is 0 Å². The maximum absolute atomic E-state index is 13.0. The van der Waals surface area contributed by atoms with E-state index in [1.165, 1.54) is 141 Å². The summed E-state index contributed by atoms with van der Waals surface area (Å²) in [5, 5.41) is 14.1. The van der Waals surface area contributed by atoms with Gasteiger partial charge in [-0.15, -0.1) is 0 Å². The van der Waals surface area contributed by atoms with Crippen LogP contribution in [-0.2, 0) is 18.4 Å². The molecule has 0 rings (SSSR count). The highest BCUT2D eigenvalue weighted by molar-refractivity contribution is 7.47. The fourth-order valence-corrected chi connectivity index (χ4v) is 9.59. The molecule has 0 saturated heterocycles. The molecule has 0 saturated carbocycles. The minimum atomic E-state index is -4.34. The van der Waals surface area contributed by atoms with Crippen LogP contribution in [0.1, 0.15) is 271 Å². The van der Waals surface area contributed by atoms with Gasteiger partial charge < -0.3 is 19.8 Å². The average Bonchev–Trinajstić information content (AvgIpc) is 3.36. The number of carbonyl (C=O) groups is 1. The Morgan fingerprint density at radius 2 is 0.811 bits per heavy atom. The molecule has 430 valence electrons. The van der Waals surface area contributed by atoms with Crippen molar-refractivity contribution in [2.75, 3.05) is 40.9 Å². The minimum Gasteiger partial charge on any atom is -0.391 e. The van der Waals surface area contributed by atoms with Gasteiger partial charge in [0.2, 0.25) is 5.91 Å². The van der Waals surface area contributed by atoms with Gasteiger partial charge in [0.25, 0.3) is 0 Å². The molecule has 3 N–H and O–H groups in total. The third-order valence-electron chi connectivity index (χ3n) is 13.7. The number of phosphoric ester groups is 1. The summed E-state index contributed by atoms with van der Waals surface area (Å²) in [4.78, 5) is 23.4. The normalized spacial score (nSPS) is 14.4. The molecule has 8 nitrogen and oxygen atoms in total. The summed E-state index contributed by atoms with van der Waals surface area (Å²) in [5.41, 5.74) is 0. The van der Waals surface area contributed by atoms with Gasteiger partial charge in [-0.05, 0) is 70.6 Å². The molecule has 0 aromatic rings. The number of phosphoric acid groups is 1. The molecule has 0 heterocycles. The second-order valence-corrected chi connectivity index (χ2v) is 23.5. The Labute approximate surface area is 458 Å². The Balaban J connectivity index is 4.21. The Hall–Kier alpha value is -2.32. The number of hydrogen-bond donors (Lipinski definition) is 3. The lowest BCUT2D eigenvalue weighted by Gasteiger charge is -2.26. The summed E-state index contributed by atoms with van der Waals surface area (Å²) >= 11 is 0. The van der Waals surface area contributed by atoms with E-state index in [1.807, 2.05) is 21.1 Å². The molecule has 0 fully saturated rings. The highest BCUT2D eigenvalue weighted by atomic mass is 31.2. The topological polar surface area (TPSA) is 105 Å². The molecule has 3 atom stereocenters. The van der Waals surface area contributed by atoms with Gasteiger partial charge in [-0.1, -0.05) is 279 Å². The Bertz CT molecular complexity index is 1480. The van der Waals surface area contributed by atoms with Crippen LogP contribution in [0.25, 0.3) is 0 Å². The van der Waals surface area contributed by atoms with E-state index in [2.05, 4.69) is 104 Å². The molecule has 74 heavy (non-hydrogen) atoms. The van der Waals surface area contributed by atoms with Crippen molar-refractivity contribution in [3.05, 3.63) is 85.1 Å². The molecule has 3 unspecified atom stereocenters. The Kier molecular flexibility index (Phi) is 53.7. The van der Waals surface area contributed by atoms with Crippen molar-refractivity contribution in [1.29, 1.82) is 0 Å². The first-order valence-electron chi connectivity index (χ1n) is 31.0. The van der Waals surface area contributed by atoms with Gasteiger partial charge in [0, 0.05) is 6.42 Å². The highest BCUT2D eigenvalue weighted by Crippen LogP contribution is 2.43. The number of aliphatic hydroxyl groups excluding tert-OH is 1. The number of allylic oxidation sites excluding steroid dienone is 14. The van der Waals surface area contributed by atoms with Crippen molar-refractivity contribution in [2.45, 2.75) is 283 Å². The maximum atomic E-state index is 13.0. The van der Waals surface area contributed by atoms with Crippen LogP contribution in [0, 0.1) is 0 Å². The molecule has 0 aliphatic carbocycles. The number of amides is 1. The zero-order valence-electron chi connectivity index (χ0n) is 49.1. The lowest BCUT2D eigenvalue weighted by atomic mass is 10.0. The van der Waals surface area contributed by atoms with Gasteiger partial charge in [-0.2, -0.15) is 0 Å². The third-order valence-corrected chi connectivity index (χ3v) is 14.6.